The number of amides is 3. The van der Waals surface area contributed by atoms with E-state index in [4.69, 9.17) is 11.6 Å². The van der Waals surface area contributed by atoms with Gasteiger partial charge in [-0.1, -0.05) is 31.0 Å². The summed E-state index contributed by atoms with van der Waals surface area (Å²) in [6.45, 7) is 6.71. The van der Waals surface area contributed by atoms with Crippen LogP contribution in [-0.4, -0.2) is 53.7 Å². The zero-order valence-electron chi connectivity index (χ0n) is 19.5. The molecule has 3 amide bonds. The van der Waals surface area contributed by atoms with Crippen LogP contribution >= 0.6 is 11.6 Å². The molecule has 0 bridgehead atoms. The Labute approximate surface area is 196 Å². The lowest BCUT2D eigenvalue weighted by molar-refractivity contribution is -0.142. The fourth-order valence-corrected chi connectivity index (χ4v) is 4.83. The van der Waals surface area contributed by atoms with E-state index in [0.717, 1.165) is 44.1 Å². The van der Waals surface area contributed by atoms with E-state index in [1.165, 1.54) is 0 Å². The van der Waals surface area contributed by atoms with Crippen LogP contribution in [0.5, 0.6) is 0 Å². The Hall–Kier alpha value is -2.08. The fraction of sp³-hybridized carbons (Fsp3) is 0.640. The Kier molecular flexibility index (Phi) is 8.21. The molecule has 0 radical (unpaired) electrons. The van der Waals surface area contributed by atoms with Gasteiger partial charge in [-0.15, -0.1) is 11.6 Å². The van der Waals surface area contributed by atoms with Crippen molar-refractivity contribution in [3.05, 3.63) is 35.4 Å². The second-order valence-corrected chi connectivity index (χ2v) is 10.2. The SMILES string of the molecule is Cc1ccccc1C(=O)N[C@@H]1CCCC[C@H]1NC(=O)[C@@H]1CCCN(C(=O)C(C)(C)CCl)C1. The lowest BCUT2D eigenvalue weighted by atomic mass is 9.88. The topological polar surface area (TPSA) is 78.5 Å². The Morgan fingerprint density at radius 1 is 1.03 bits per heavy atom. The third-order valence-electron chi connectivity index (χ3n) is 6.79. The molecule has 3 rings (SSSR count). The number of alkyl halides is 1. The molecule has 1 saturated carbocycles. The summed E-state index contributed by atoms with van der Waals surface area (Å²) >= 11 is 5.99. The number of nitrogens with one attached hydrogen (secondary N) is 2. The smallest absolute Gasteiger partial charge is 0.251 e. The molecule has 0 aromatic heterocycles. The molecule has 2 N–H and O–H groups in total. The first-order valence-electron chi connectivity index (χ1n) is 11.7. The highest BCUT2D eigenvalue weighted by Crippen LogP contribution is 2.26. The van der Waals surface area contributed by atoms with Crippen LogP contribution < -0.4 is 10.6 Å². The van der Waals surface area contributed by atoms with Crippen LogP contribution in [0, 0.1) is 18.3 Å². The van der Waals surface area contributed by atoms with Crippen LogP contribution in [0.15, 0.2) is 24.3 Å². The summed E-state index contributed by atoms with van der Waals surface area (Å²) in [4.78, 5) is 40.5. The van der Waals surface area contributed by atoms with Crippen molar-refractivity contribution in [2.24, 2.45) is 11.3 Å². The van der Waals surface area contributed by atoms with Crippen LogP contribution in [0.1, 0.15) is 68.3 Å². The van der Waals surface area contributed by atoms with Crippen molar-refractivity contribution in [2.75, 3.05) is 19.0 Å². The molecule has 0 spiro atoms. The van der Waals surface area contributed by atoms with E-state index in [9.17, 15) is 14.4 Å². The predicted octanol–water partition coefficient (Wildman–Crippen LogP) is 3.66. The van der Waals surface area contributed by atoms with E-state index in [1.54, 1.807) is 4.90 Å². The Balaban J connectivity index is 1.61. The number of benzene rings is 1. The van der Waals surface area contributed by atoms with Gasteiger partial charge in [0.25, 0.3) is 5.91 Å². The van der Waals surface area contributed by atoms with E-state index < -0.39 is 5.41 Å². The van der Waals surface area contributed by atoms with Crippen LogP contribution in [-0.2, 0) is 9.59 Å². The molecule has 1 aliphatic carbocycles. The first-order chi connectivity index (χ1) is 15.2. The largest absolute Gasteiger partial charge is 0.351 e. The van der Waals surface area contributed by atoms with Gasteiger partial charge in [0.15, 0.2) is 0 Å². The van der Waals surface area contributed by atoms with Crippen molar-refractivity contribution in [3.63, 3.8) is 0 Å². The molecule has 32 heavy (non-hydrogen) atoms. The molecule has 1 aliphatic heterocycles. The quantitative estimate of drug-likeness (QED) is 0.634. The summed E-state index contributed by atoms with van der Waals surface area (Å²) in [6, 6.07) is 7.37. The second-order valence-electron chi connectivity index (χ2n) is 9.90. The summed E-state index contributed by atoms with van der Waals surface area (Å²) in [5, 5.41) is 6.36. The number of nitrogens with zero attached hydrogens (tertiary/aromatic N) is 1. The molecule has 1 aromatic carbocycles. The molecule has 3 atom stereocenters. The lowest BCUT2D eigenvalue weighted by Gasteiger charge is -2.38. The number of carbonyl (C=O) groups is 3. The van der Waals surface area contributed by atoms with Gasteiger partial charge in [0.2, 0.25) is 11.8 Å². The van der Waals surface area contributed by atoms with E-state index in [0.29, 0.717) is 18.7 Å². The zero-order chi connectivity index (χ0) is 23.3. The number of halogens is 1. The second kappa shape index (κ2) is 10.7. The van der Waals surface area contributed by atoms with Gasteiger partial charge in [0, 0.05) is 36.6 Å². The normalized spacial score (nSPS) is 24.0. The van der Waals surface area contributed by atoms with Crippen molar-refractivity contribution in [2.45, 2.75) is 71.4 Å². The molecule has 6 nitrogen and oxygen atoms in total. The third kappa shape index (κ3) is 5.83. The van der Waals surface area contributed by atoms with Crippen LogP contribution in [0.4, 0.5) is 0 Å². The van der Waals surface area contributed by atoms with Crippen molar-refractivity contribution in [1.29, 1.82) is 0 Å². The summed E-state index contributed by atoms with van der Waals surface area (Å²) in [5.74, 6) is -0.0801. The van der Waals surface area contributed by atoms with Crippen molar-refractivity contribution >= 4 is 29.3 Å². The third-order valence-corrected chi connectivity index (χ3v) is 7.46. The number of hydrogen-bond donors (Lipinski definition) is 2. The molecule has 0 unspecified atom stereocenters. The maximum Gasteiger partial charge on any atom is 0.251 e. The van der Waals surface area contributed by atoms with Gasteiger partial charge in [0.1, 0.15) is 0 Å². The summed E-state index contributed by atoms with van der Waals surface area (Å²) in [7, 11) is 0. The number of aryl methyl sites for hydroxylation is 1. The maximum absolute atomic E-state index is 13.1. The lowest BCUT2D eigenvalue weighted by Crippen LogP contribution is -2.56. The average molecular weight is 462 g/mol. The summed E-state index contributed by atoms with van der Waals surface area (Å²) < 4.78 is 0. The minimum atomic E-state index is -0.631. The van der Waals surface area contributed by atoms with Crippen molar-refractivity contribution < 1.29 is 14.4 Å². The van der Waals surface area contributed by atoms with Gasteiger partial charge in [0.05, 0.1) is 11.3 Å². The van der Waals surface area contributed by atoms with Gasteiger partial charge in [-0.25, -0.2) is 0 Å². The van der Waals surface area contributed by atoms with Crippen LogP contribution in [0.25, 0.3) is 0 Å². The summed E-state index contributed by atoms with van der Waals surface area (Å²) in [5.41, 5.74) is 0.980. The Morgan fingerprint density at radius 3 is 2.34 bits per heavy atom. The van der Waals surface area contributed by atoms with Gasteiger partial charge in [-0.2, -0.15) is 0 Å². The van der Waals surface area contributed by atoms with Gasteiger partial charge < -0.3 is 15.5 Å². The Bertz CT molecular complexity index is 841. The highest BCUT2D eigenvalue weighted by molar-refractivity contribution is 6.19. The molecule has 2 fully saturated rings. The maximum atomic E-state index is 13.1. The minimum absolute atomic E-state index is 0.00559. The van der Waals surface area contributed by atoms with E-state index in [2.05, 4.69) is 10.6 Å². The van der Waals surface area contributed by atoms with Crippen molar-refractivity contribution in [3.8, 4) is 0 Å². The van der Waals surface area contributed by atoms with Gasteiger partial charge >= 0.3 is 0 Å². The number of likely N-dealkylation sites (tertiary alicyclic amines) is 1. The summed E-state index contributed by atoms with van der Waals surface area (Å²) in [6.07, 6.45) is 5.33. The Morgan fingerprint density at radius 2 is 1.69 bits per heavy atom. The molecule has 176 valence electrons. The molecule has 7 heteroatoms. The molecule has 2 aliphatic rings. The van der Waals surface area contributed by atoms with E-state index in [1.807, 2.05) is 45.0 Å². The number of piperidine rings is 1. The first-order valence-corrected chi connectivity index (χ1v) is 12.3. The van der Waals surface area contributed by atoms with Gasteiger partial charge in [-0.3, -0.25) is 14.4 Å². The van der Waals surface area contributed by atoms with Gasteiger partial charge in [-0.05, 0) is 58.1 Å². The first kappa shape index (κ1) is 24.6. The predicted molar refractivity (Wildman–Crippen MR) is 127 cm³/mol. The molecular formula is C25H36ClN3O3. The standard InChI is InChI=1S/C25H36ClN3O3/c1-17-9-4-5-11-19(17)23(31)28-21-13-7-6-12-20(21)27-22(30)18-10-8-14-29(15-18)24(32)25(2,3)16-26/h4-5,9,11,18,20-21H,6-8,10,12-16H2,1-3H3,(H,27,30)(H,28,31)/t18-,20-,21-/m1/s1. The van der Waals surface area contributed by atoms with E-state index in [-0.39, 0.29) is 41.6 Å². The molecule has 1 heterocycles. The van der Waals surface area contributed by atoms with Crippen LogP contribution in [0.3, 0.4) is 0 Å². The molecule has 1 aromatic rings. The average Bonchev–Trinajstić information content (AvgIpc) is 2.80. The monoisotopic (exact) mass is 461 g/mol. The van der Waals surface area contributed by atoms with E-state index >= 15 is 0 Å². The molecular weight excluding hydrogens is 426 g/mol. The number of hydrogen-bond acceptors (Lipinski definition) is 3. The minimum Gasteiger partial charge on any atom is -0.351 e. The highest BCUT2D eigenvalue weighted by Gasteiger charge is 2.37. The fourth-order valence-electron chi connectivity index (χ4n) is 4.71. The van der Waals surface area contributed by atoms with Crippen LogP contribution in [0.2, 0.25) is 0 Å². The number of carbonyl (C=O) groups excluding carboxylic acids is 3. The molecule has 1 saturated heterocycles. The highest BCUT2D eigenvalue weighted by atomic mass is 35.5. The van der Waals surface area contributed by atoms with Crippen molar-refractivity contribution in [1.82, 2.24) is 15.5 Å². The zero-order valence-corrected chi connectivity index (χ0v) is 20.2. The number of rotatable bonds is 6.